The molecule has 19 heavy (non-hydrogen) atoms. The van der Waals surface area contributed by atoms with Crippen molar-refractivity contribution in [3.8, 4) is 5.75 Å². The van der Waals surface area contributed by atoms with E-state index in [-0.39, 0.29) is 12.4 Å². The van der Waals surface area contributed by atoms with E-state index in [1.807, 2.05) is 0 Å². The third-order valence-corrected chi connectivity index (χ3v) is 2.72. The van der Waals surface area contributed by atoms with Crippen LogP contribution < -0.4 is 4.74 Å². The number of rotatable bonds is 2. The smallest absolute Gasteiger partial charge is 0.419 e. The van der Waals surface area contributed by atoms with Gasteiger partial charge in [-0.2, -0.15) is 13.2 Å². The summed E-state index contributed by atoms with van der Waals surface area (Å²) in [6, 6.07) is 2.08. The first-order valence-corrected chi connectivity index (χ1v) is 5.54. The Kier molecular flexibility index (Phi) is 3.75. The maximum atomic E-state index is 13.0. The molecule has 0 N–H and O–H groups in total. The highest BCUT2D eigenvalue weighted by Gasteiger charge is 2.35. The van der Waals surface area contributed by atoms with Crippen molar-refractivity contribution in [3.05, 3.63) is 29.6 Å². The molecule has 3 nitrogen and oxygen atoms in total. The van der Waals surface area contributed by atoms with E-state index in [9.17, 15) is 22.4 Å². The van der Waals surface area contributed by atoms with Crippen LogP contribution in [-0.4, -0.2) is 19.2 Å². The molecule has 0 spiro atoms. The Balaban J connectivity index is 2.15. The summed E-state index contributed by atoms with van der Waals surface area (Å²) >= 11 is 0. The van der Waals surface area contributed by atoms with Crippen molar-refractivity contribution < 1.29 is 31.8 Å². The summed E-state index contributed by atoms with van der Waals surface area (Å²) in [4.78, 5) is 11.6. The highest BCUT2D eigenvalue weighted by molar-refractivity contribution is 5.75. The molecule has 0 aliphatic carbocycles. The molecule has 7 heteroatoms. The van der Waals surface area contributed by atoms with Crippen LogP contribution in [0.3, 0.4) is 0 Å². The normalized spacial score (nSPS) is 19.5. The topological polar surface area (TPSA) is 35.5 Å². The van der Waals surface area contributed by atoms with Gasteiger partial charge >= 0.3 is 12.1 Å². The number of carbonyl (C=O) groups is 1. The van der Waals surface area contributed by atoms with Gasteiger partial charge in [0.15, 0.2) is 0 Å². The summed E-state index contributed by atoms with van der Waals surface area (Å²) in [5.74, 6) is -2.89. The van der Waals surface area contributed by atoms with Crippen molar-refractivity contribution in [2.24, 2.45) is 5.92 Å². The van der Waals surface area contributed by atoms with Crippen LogP contribution in [0.2, 0.25) is 0 Å². The zero-order valence-corrected chi connectivity index (χ0v) is 9.67. The second-order valence-electron chi connectivity index (χ2n) is 4.12. The van der Waals surface area contributed by atoms with E-state index < -0.39 is 29.4 Å². The van der Waals surface area contributed by atoms with Gasteiger partial charge in [0.05, 0.1) is 18.1 Å². The van der Waals surface area contributed by atoms with Crippen LogP contribution in [0.1, 0.15) is 12.0 Å². The lowest BCUT2D eigenvalue weighted by molar-refractivity contribution is -0.142. The van der Waals surface area contributed by atoms with Gasteiger partial charge in [0, 0.05) is 6.61 Å². The molecular formula is C12H10F4O3. The van der Waals surface area contributed by atoms with Gasteiger partial charge in [-0.15, -0.1) is 0 Å². The Labute approximate surface area is 106 Å². The molecule has 1 aromatic rings. The molecule has 1 aromatic carbocycles. The number of benzene rings is 1. The van der Waals surface area contributed by atoms with Crippen molar-refractivity contribution in [3.63, 3.8) is 0 Å². The first kappa shape index (κ1) is 13.8. The van der Waals surface area contributed by atoms with E-state index in [1.165, 1.54) is 0 Å². The second-order valence-corrected chi connectivity index (χ2v) is 4.12. The molecular weight excluding hydrogens is 268 g/mol. The van der Waals surface area contributed by atoms with Crippen LogP contribution in [-0.2, 0) is 15.7 Å². The summed E-state index contributed by atoms with van der Waals surface area (Å²) < 4.78 is 60.2. The van der Waals surface area contributed by atoms with E-state index >= 15 is 0 Å². The van der Waals surface area contributed by atoms with Gasteiger partial charge in [-0.05, 0) is 24.6 Å². The first-order valence-electron chi connectivity index (χ1n) is 5.54. The third-order valence-electron chi connectivity index (χ3n) is 2.72. The van der Waals surface area contributed by atoms with Crippen molar-refractivity contribution in [1.82, 2.24) is 0 Å². The van der Waals surface area contributed by atoms with Crippen molar-refractivity contribution in [1.29, 1.82) is 0 Å². The Morgan fingerprint density at radius 1 is 1.37 bits per heavy atom. The predicted molar refractivity (Wildman–Crippen MR) is 56.0 cm³/mol. The molecule has 1 aliphatic rings. The molecule has 1 saturated heterocycles. The minimum atomic E-state index is -4.83. The standard InChI is InChI=1S/C12H10F4O3/c13-10-2-1-8(5-9(10)12(14,15)16)19-11(17)7-3-4-18-6-7/h1-2,5,7H,3-4,6H2. The molecule has 1 unspecified atom stereocenters. The average Bonchev–Trinajstić information content (AvgIpc) is 2.83. The second kappa shape index (κ2) is 5.16. The highest BCUT2D eigenvalue weighted by Crippen LogP contribution is 2.33. The Bertz CT molecular complexity index is 478. The first-order chi connectivity index (χ1) is 8.88. The molecule has 0 radical (unpaired) electrons. The van der Waals surface area contributed by atoms with Crippen molar-refractivity contribution in [2.45, 2.75) is 12.6 Å². The average molecular weight is 278 g/mol. The molecule has 1 atom stereocenters. The van der Waals surface area contributed by atoms with Gasteiger partial charge in [0.2, 0.25) is 0 Å². The van der Waals surface area contributed by atoms with Crippen LogP contribution in [0.25, 0.3) is 0 Å². The van der Waals surface area contributed by atoms with Gasteiger partial charge in [-0.3, -0.25) is 4.79 Å². The summed E-state index contributed by atoms with van der Waals surface area (Å²) in [7, 11) is 0. The molecule has 104 valence electrons. The molecule has 0 aromatic heterocycles. The number of hydrogen-bond acceptors (Lipinski definition) is 3. The van der Waals surface area contributed by atoms with E-state index in [1.54, 1.807) is 0 Å². The van der Waals surface area contributed by atoms with Gasteiger partial charge < -0.3 is 9.47 Å². The zero-order chi connectivity index (χ0) is 14.0. The minimum Gasteiger partial charge on any atom is -0.426 e. The number of esters is 1. The third kappa shape index (κ3) is 3.23. The van der Waals surface area contributed by atoms with E-state index in [0.29, 0.717) is 25.2 Å². The molecule has 2 rings (SSSR count). The summed E-state index contributed by atoms with van der Waals surface area (Å²) in [5.41, 5.74) is -1.46. The van der Waals surface area contributed by atoms with E-state index in [0.717, 1.165) is 6.07 Å². The Morgan fingerprint density at radius 3 is 2.68 bits per heavy atom. The van der Waals surface area contributed by atoms with E-state index in [4.69, 9.17) is 9.47 Å². The zero-order valence-electron chi connectivity index (χ0n) is 9.67. The molecule has 1 aliphatic heterocycles. The summed E-state index contributed by atoms with van der Waals surface area (Å²) in [5, 5.41) is 0. The van der Waals surface area contributed by atoms with Crippen LogP contribution in [0.4, 0.5) is 17.6 Å². The van der Waals surface area contributed by atoms with Gasteiger partial charge in [-0.25, -0.2) is 4.39 Å². The van der Waals surface area contributed by atoms with Crippen LogP contribution in [0.5, 0.6) is 5.75 Å². The lowest BCUT2D eigenvalue weighted by atomic mass is 10.1. The van der Waals surface area contributed by atoms with Crippen LogP contribution in [0.15, 0.2) is 18.2 Å². The van der Waals surface area contributed by atoms with Crippen LogP contribution >= 0.6 is 0 Å². The van der Waals surface area contributed by atoms with Crippen LogP contribution in [0, 0.1) is 11.7 Å². The summed E-state index contributed by atoms with van der Waals surface area (Å²) in [6.07, 6.45) is -4.37. The Hall–Kier alpha value is -1.63. The number of ether oxygens (including phenoxy) is 2. The Morgan fingerprint density at radius 2 is 2.11 bits per heavy atom. The fraction of sp³-hybridized carbons (Fsp3) is 0.417. The predicted octanol–water partition coefficient (Wildman–Crippen LogP) is 2.79. The lowest BCUT2D eigenvalue weighted by Gasteiger charge is -2.11. The summed E-state index contributed by atoms with van der Waals surface area (Å²) in [6.45, 7) is 0.600. The molecule has 1 heterocycles. The fourth-order valence-corrected chi connectivity index (χ4v) is 1.71. The fourth-order valence-electron chi connectivity index (χ4n) is 1.71. The van der Waals surface area contributed by atoms with Crippen molar-refractivity contribution >= 4 is 5.97 Å². The highest BCUT2D eigenvalue weighted by atomic mass is 19.4. The largest absolute Gasteiger partial charge is 0.426 e. The molecule has 0 saturated carbocycles. The molecule has 1 fully saturated rings. The minimum absolute atomic E-state index is 0.187. The SMILES string of the molecule is O=C(Oc1ccc(F)c(C(F)(F)F)c1)C1CCOC1. The van der Waals surface area contributed by atoms with Crippen molar-refractivity contribution in [2.75, 3.05) is 13.2 Å². The molecule has 0 amide bonds. The lowest BCUT2D eigenvalue weighted by Crippen LogP contribution is -2.21. The number of hydrogen-bond donors (Lipinski definition) is 0. The van der Waals surface area contributed by atoms with Gasteiger partial charge in [0.1, 0.15) is 11.6 Å². The maximum Gasteiger partial charge on any atom is 0.419 e. The quantitative estimate of drug-likeness (QED) is 0.474. The monoisotopic (exact) mass is 278 g/mol. The van der Waals surface area contributed by atoms with Gasteiger partial charge in [0.25, 0.3) is 0 Å². The number of carbonyl (C=O) groups excluding carboxylic acids is 1. The number of halogens is 4. The molecule has 0 bridgehead atoms. The maximum absolute atomic E-state index is 13.0. The number of alkyl halides is 3. The van der Waals surface area contributed by atoms with Gasteiger partial charge in [-0.1, -0.05) is 0 Å². The van der Waals surface area contributed by atoms with E-state index in [2.05, 4.69) is 0 Å².